The normalized spacial score (nSPS) is 11.4. The summed E-state index contributed by atoms with van der Waals surface area (Å²) < 4.78 is 0. The fourth-order valence-corrected chi connectivity index (χ4v) is 3.28. The van der Waals surface area contributed by atoms with Gasteiger partial charge in [-0.15, -0.1) is 0 Å². The fourth-order valence-electron chi connectivity index (χ4n) is 3.28. The number of pyridine rings is 1. The zero-order chi connectivity index (χ0) is 15.3. The highest BCUT2D eigenvalue weighted by atomic mass is 14.8. The molecule has 0 radical (unpaired) electrons. The smallest absolute Gasteiger partial charge is 0.0726 e. The first-order valence-electron chi connectivity index (χ1n) is 7.39. The van der Waals surface area contributed by atoms with Crippen molar-refractivity contribution in [2.24, 2.45) is 0 Å². The highest BCUT2D eigenvalue weighted by Crippen LogP contribution is 2.39. The van der Waals surface area contributed by atoms with Gasteiger partial charge in [-0.1, -0.05) is 36.4 Å². The third-order valence-electron chi connectivity index (χ3n) is 4.26. The predicted octanol–water partition coefficient (Wildman–Crippen LogP) is 4.58. The fraction of sp³-hybridized carbons (Fsp3) is 0.105. The summed E-state index contributed by atoms with van der Waals surface area (Å²) in [5, 5.41) is 2.19. The molecule has 3 nitrogen and oxygen atoms in total. The number of nitrogen functional groups attached to an aromatic ring is 1. The largest absolute Gasteiger partial charge is 0.398 e. The minimum atomic E-state index is 0.802. The first kappa shape index (κ1) is 12.9. The average Bonchev–Trinajstić information content (AvgIpc) is 2.84. The Kier molecular flexibility index (Phi) is 2.70. The van der Waals surface area contributed by atoms with Gasteiger partial charge in [0.25, 0.3) is 0 Å². The Morgan fingerprint density at radius 2 is 1.55 bits per heavy atom. The Hall–Kier alpha value is -2.81. The van der Waals surface area contributed by atoms with Gasteiger partial charge in [0.2, 0.25) is 0 Å². The molecule has 0 saturated carbocycles. The molecule has 4 rings (SSSR count). The van der Waals surface area contributed by atoms with Crippen LogP contribution in [0.3, 0.4) is 0 Å². The molecule has 0 aliphatic rings. The van der Waals surface area contributed by atoms with E-state index >= 15 is 0 Å². The zero-order valence-corrected chi connectivity index (χ0v) is 12.6. The summed E-state index contributed by atoms with van der Waals surface area (Å²) >= 11 is 0. The van der Waals surface area contributed by atoms with Crippen LogP contribution in [0.5, 0.6) is 0 Å². The molecular formula is C19H17N3. The van der Waals surface area contributed by atoms with E-state index in [-0.39, 0.29) is 0 Å². The maximum absolute atomic E-state index is 6.52. The quantitative estimate of drug-likeness (QED) is 0.538. The van der Waals surface area contributed by atoms with E-state index in [0.717, 1.165) is 44.6 Å². The van der Waals surface area contributed by atoms with Crippen molar-refractivity contribution in [1.82, 2.24) is 9.97 Å². The lowest BCUT2D eigenvalue weighted by Gasteiger charge is -2.12. The van der Waals surface area contributed by atoms with Crippen LogP contribution in [0, 0.1) is 13.8 Å². The summed E-state index contributed by atoms with van der Waals surface area (Å²) in [6.45, 7) is 4.11. The summed E-state index contributed by atoms with van der Waals surface area (Å²) in [6.07, 6.45) is 0. The molecule has 2 heterocycles. The number of rotatable bonds is 1. The second-order valence-corrected chi connectivity index (χ2v) is 5.67. The number of aromatic nitrogens is 2. The van der Waals surface area contributed by atoms with Crippen LogP contribution in [0.15, 0.2) is 48.5 Å². The maximum atomic E-state index is 6.52. The summed E-state index contributed by atoms with van der Waals surface area (Å²) in [4.78, 5) is 8.19. The summed E-state index contributed by atoms with van der Waals surface area (Å²) in [7, 11) is 0. The minimum absolute atomic E-state index is 0.802. The van der Waals surface area contributed by atoms with Gasteiger partial charge in [-0.2, -0.15) is 0 Å². The Morgan fingerprint density at radius 3 is 2.36 bits per heavy atom. The van der Waals surface area contributed by atoms with Crippen molar-refractivity contribution in [2.75, 3.05) is 5.73 Å². The molecule has 4 aromatic rings. The Labute approximate surface area is 128 Å². The molecule has 0 saturated heterocycles. The van der Waals surface area contributed by atoms with Crippen molar-refractivity contribution >= 4 is 27.5 Å². The van der Waals surface area contributed by atoms with Gasteiger partial charge in [0.1, 0.15) is 0 Å². The Balaban J connectivity index is 2.15. The van der Waals surface area contributed by atoms with Gasteiger partial charge < -0.3 is 10.7 Å². The monoisotopic (exact) mass is 287 g/mol. The first-order chi connectivity index (χ1) is 10.7. The van der Waals surface area contributed by atoms with E-state index < -0.39 is 0 Å². The van der Waals surface area contributed by atoms with Gasteiger partial charge in [-0.25, -0.2) is 0 Å². The summed E-state index contributed by atoms with van der Waals surface area (Å²) in [6, 6.07) is 16.3. The van der Waals surface area contributed by atoms with Crippen LogP contribution in [-0.4, -0.2) is 9.97 Å². The van der Waals surface area contributed by atoms with Crippen molar-refractivity contribution in [3.8, 4) is 11.1 Å². The second kappa shape index (κ2) is 4.60. The topological polar surface area (TPSA) is 54.7 Å². The molecule has 0 amide bonds. The van der Waals surface area contributed by atoms with Crippen molar-refractivity contribution < 1.29 is 0 Å². The van der Waals surface area contributed by atoms with E-state index in [2.05, 4.69) is 30.1 Å². The van der Waals surface area contributed by atoms with Crippen molar-refractivity contribution in [2.45, 2.75) is 13.8 Å². The standard InChI is InChI=1S/C19H17N3/c1-11-17(13-7-3-5-9-15(13)21-11)18-12(2)22-16-10-6-4-8-14(16)19(18)20/h3-10,21H,1-2H3,(H2,20,22). The number of anilines is 1. The van der Waals surface area contributed by atoms with E-state index in [4.69, 9.17) is 10.7 Å². The van der Waals surface area contributed by atoms with Crippen LogP contribution in [0.2, 0.25) is 0 Å². The third kappa shape index (κ3) is 1.72. The molecule has 3 heteroatoms. The zero-order valence-electron chi connectivity index (χ0n) is 12.6. The number of aryl methyl sites for hydroxylation is 2. The predicted molar refractivity (Wildman–Crippen MR) is 92.9 cm³/mol. The van der Waals surface area contributed by atoms with Crippen LogP contribution >= 0.6 is 0 Å². The van der Waals surface area contributed by atoms with Gasteiger partial charge in [0.05, 0.1) is 11.2 Å². The molecule has 2 aromatic heterocycles. The summed E-state index contributed by atoms with van der Waals surface area (Å²) in [5.41, 5.74) is 13.7. The van der Waals surface area contributed by atoms with Crippen LogP contribution < -0.4 is 5.73 Å². The Morgan fingerprint density at radius 1 is 0.864 bits per heavy atom. The highest BCUT2D eigenvalue weighted by molar-refractivity contribution is 6.06. The molecule has 108 valence electrons. The van der Waals surface area contributed by atoms with Crippen molar-refractivity contribution in [3.63, 3.8) is 0 Å². The van der Waals surface area contributed by atoms with Crippen LogP contribution in [0.25, 0.3) is 32.9 Å². The molecule has 0 fully saturated rings. The minimum Gasteiger partial charge on any atom is -0.398 e. The SMILES string of the molecule is Cc1nc2ccccc2c(N)c1-c1c(C)[nH]c2ccccc12. The van der Waals surface area contributed by atoms with E-state index in [1.165, 1.54) is 5.39 Å². The van der Waals surface area contributed by atoms with Gasteiger partial charge in [-0.05, 0) is 26.0 Å². The second-order valence-electron chi connectivity index (χ2n) is 5.67. The van der Waals surface area contributed by atoms with Crippen LogP contribution in [0.1, 0.15) is 11.4 Å². The number of nitrogens with one attached hydrogen (secondary N) is 1. The molecule has 0 atom stereocenters. The lowest BCUT2D eigenvalue weighted by molar-refractivity contribution is 1.24. The molecule has 0 aliphatic heterocycles. The Bertz CT molecular complexity index is 1010. The average molecular weight is 287 g/mol. The van der Waals surface area contributed by atoms with Crippen LogP contribution in [-0.2, 0) is 0 Å². The van der Waals surface area contributed by atoms with E-state index in [1.807, 2.05) is 37.3 Å². The molecule has 0 aliphatic carbocycles. The van der Waals surface area contributed by atoms with Crippen molar-refractivity contribution in [3.05, 3.63) is 59.9 Å². The lowest BCUT2D eigenvalue weighted by atomic mass is 9.97. The number of nitrogens with zero attached hydrogens (tertiary/aromatic N) is 1. The molecule has 0 bridgehead atoms. The lowest BCUT2D eigenvalue weighted by Crippen LogP contribution is -1.98. The third-order valence-corrected chi connectivity index (χ3v) is 4.26. The summed E-state index contributed by atoms with van der Waals surface area (Å²) in [5.74, 6) is 0. The van der Waals surface area contributed by atoms with Gasteiger partial charge in [-0.3, -0.25) is 4.98 Å². The maximum Gasteiger partial charge on any atom is 0.0726 e. The van der Waals surface area contributed by atoms with E-state index in [0.29, 0.717) is 0 Å². The van der Waals surface area contributed by atoms with Gasteiger partial charge >= 0.3 is 0 Å². The number of H-pyrrole nitrogens is 1. The molecule has 3 N–H and O–H groups in total. The molecular weight excluding hydrogens is 270 g/mol. The number of hydrogen-bond acceptors (Lipinski definition) is 2. The molecule has 22 heavy (non-hydrogen) atoms. The number of aromatic amines is 1. The van der Waals surface area contributed by atoms with Crippen LogP contribution in [0.4, 0.5) is 5.69 Å². The first-order valence-corrected chi connectivity index (χ1v) is 7.39. The highest BCUT2D eigenvalue weighted by Gasteiger charge is 2.17. The van der Waals surface area contributed by atoms with E-state index in [1.54, 1.807) is 0 Å². The van der Waals surface area contributed by atoms with Crippen molar-refractivity contribution in [1.29, 1.82) is 0 Å². The number of hydrogen-bond donors (Lipinski definition) is 2. The number of benzene rings is 2. The molecule has 0 spiro atoms. The number of para-hydroxylation sites is 2. The number of fused-ring (bicyclic) bond motifs is 2. The van der Waals surface area contributed by atoms with Gasteiger partial charge in [0.15, 0.2) is 0 Å². The number of nitrogens with two attached hydrogens (primary N) is 1. The molecule has 0 unspecified atom stereocenters. The molecule has 2 aromatic carbocycles. The van der Waals surface area contributed by atoms with Gasteiger partial charge in [0, 0.05) is 38.8 Å². The van der Waals surface area contributed by atoms with E-state index in [9.17, 15) is 0 Å².